The lowest BCUT2D eigenvalue weighted by Gasteiger charge is -2.23. The first kappa shape index (κ1) is 20.3. The number of benzene rings is 1. The summed E-state index contributed by atoms with van der Waals surface area (Å²) in [7, 11) is 7.55. The topological polar surface area (TPSA) is 49.3 Å². The summed E-state index contributed by atoms with van der Waals surface area (Å²) in [5, 5.41) is 3.35. The van der Waals surface area contributed by atoms with E-state index in [0.29, 0.717) is 0 Å². The van der Waals surface area contributed by atoms with Crippen LogP contribution in [0.15, 0.2) is 29.3 Å². The minimum absolute atomic E-state index is 0.744. The van der Waals surface area contributed by atoms with Gasteiger partial charge in [-0.05, 0) is 20.0 Å². The number of likely N-dealkylation sites (N-methyl/N-ethyl adjacent to an activating group) is 1. The monoisotopic (exact) mass is 336 g/mol. The molecule has 1 aromatic rings. The van der Waals surface area contributed by atoms with E-state index in [1.54, 1.807) is 14.2 Å². The average Bonchev–Trinajstić information content (AvgIpc) is 2.59. The predicted octanol–water partition coefficient (Wildman–Crippen LogP) is 1.67. The van der Waals surface area contributed by atoms with Gasteiger partial charge in [-0.15, -0.1) is 0 Å². The van der Waals surface area contributed by atoms with Gasteiger partial charge in [0.1, 0.15) is 5.75 Å². The van der Waals surface area contributed by atoms with E-state index in [-0.39, 0.29) is 0 Å². The molecule has 0 radical (unpaired) electrons. The molecule has 0 atom stereocenters. The Balaban J connectivity index is 2.63. The molecule has 1 aromatic carbocycles. The van der Waals surface area contributed by atoms with Crippen LogP contribution in [0.2, 0.25) is 0 Å². The largest absolute Gasteiger partial charge is 0.496 e. The molecule has 0 heterocycles. The van der Waals surface area contributed by atoms with Crippen LogP contribution in [0.1, 0.15) is 12.5 Å². The van der Waals surface area contributed by atoms with Crippen LogP contribution >= 0.6 is 0 Å². The van der Waals surface area contributed by atoms with Crippen LogP contribution in [0.4, 0.5) is 0 Å². The minimum atomic E-state index is 0.744. The molecule has 0 saturated carbocycles. The molecule has 0 fully saturated rings. The first-order valence-electron chi connectivity index (χ1n) is 8.41. The molecule has 0 aromatic heterocycles. The summed E-state index contributed by atoms with van der Waals surface area (Å²) in [6.45, 7) is 6.98. The molecule has 0 saturated heterocycles. The van der Waals surface area contributed by atoms with Gasteiger partial charge in [-0.1, -0.05) is 18.2 Å². The molecule has 1 rings (SSSR count). The number of nitrogens with one attached hydrogen (secondary N) is 1. The molecule has 0 aliphatic carbocycles. The van der Waals surface area contributed by atoms with Gasteiger partial charge in [0.25, 0.3) is 0 Å². The van der Waals surface area contributed by atoms with Crippen LogP contribution in [0.3, 0.4) is 0 Å². The first-order valence-corrected chi connectivity index (χ1v) is 8.41. The lowest BCUT2D eigenvalue weighted by Crippen LogP contribution is -2.39. The highest BCUT2D eigenvalue weighted by Crippen LogP contribution is 2.18. The number of hydrogen-bond donors (Lipinski definition) is 1. The van der Waals surface area contributed by atoms with Crippen molar-refractivity contribution in [1.82, 2.24) is 15.1 Å². The number of nitrogens with zero attached hydrogens (tertiary/aromatic N) is 3. The van der Waals surface area contributed by atoms with Gasteiger partial charge in [-0.3, -0.25) is 4.99 Å². The van der Waals surface area contributed by atoms with Gasteiger partial charge in [-0.2, -0.15) is 0 Å². The molecule has 0 bridgehead atoms. The van der Waals surface area contributed by atoms with Gasteiger partial charge < -0.3 is 24.6 Å². The van der Waals surface area contributed by atoms with E-state index in [9.17, 15) is 0 Å². The van der Waals surface area contributed by atoms with Crippen LogP contribution < -0.4 is 10.1 Å². The molecule has 136 valence electrons. The summed E-state index contributed by atoms with van der Waals surface area (Å²) in [6.07, 6.45) is 0. The summed E-state index contributed by atoms with van der Waals surface area (Å²) in [4.78, 5) is 9.06. The lowest BCUT2D eigenvalue weighted by molar-refractivity contribution is 0.163. The summed E-state index contributed by atoms with van der Waals surface area (Å²) in [6, 6.07) is 8.08. The summed E-state index contributed by atoms with van der Waals surface area (Å²) >= 11 is 0. The zero-order valence-corrected chi connectivity index (χ0v) is 15.7. The highest BCUT2D eigenvalue weighted by molar-refractivity contribution is 5.79. The third kappa shape index (κ3) is 7.19. The second kappa shape index (κ2) is 11.7. The van der Waals surface area contributed by atoms with Crippen LogP contribution in [0.5, 0.6) is 5.75 Å². The Bertz CT molecular complexity index is 494. The van der Waals surface area contributed by atoms with Crippen LogP contribution in [-0.2, 0) is 11.3 Å². The van der Waals surface area contributed by atoms with Crippen molar-refractivity contribution in [2.24, 2.45) is 4.99 Å². The van der Waals surface area contributed by atoms with E-state index in [0.717, 1.165) is 56.6 Å². The fraction of sp³-hybridized carbons (Fsp3) is 0.611. The maximum absolute atomic E-state index is 5.43. The van der Waals surface area contributed by atoms with E-state index in [1.807, 2.05) is 25.2 Å². The number of para-hydroxylation sites is 1. The van der Waals surface area contributed by atoms with Crippen LogP contribution in [0, 0.1) is 0 Å². The summed E-state index contributed by atoms with van der Waals surface area (Å²) < 4.78 is 10.5. The van der Waals surface area contributed by atoms with Crippen molar-refractivity contribution in [1.29, 1.82) is 0 Å². The fourth-order valence-electron chi connectivity index (χ4n) is 2.32. The molecule has 0 amide bonds. The van der Waals surface area contributed by atoms with E-state index >= 15 is 0 Å². The Hall–Kier alpha value is -1.79. The van der Waals surface area contributed by atoms with Crippen molar-refractivity contribution < 1.29 is 9.47 Å². The van der Waals surface area contributed by atoms with Gasteiger partial charge in [0, 0.05) is 45.9 Å². The predicted molar refractivity (Wildman–Crippen MR) is 99.8 cm³/mol. The molecule has 24 heavy (non-hydrogen) atoms. The third-order valence-corrected chi connectivity index (χ3v) is 3.72. The van der Waals surface area contributed by atoms with Gasteiger partial charge >= 0.3 is 0 Å². The van der Waals surface area contributed by atoms with E-state index in [4.69, 9.17) is 14.5 Å². The Morgan fingerprint density at radius 2 is 1.92 bits per heavy atom. The number of guanidine groups is 1. The Morgan fingerprint density at radius 3 is 2.58 bits per heavy atom. The van der Waals surface area contributed by atoms with Crippen molar-refractivity contribution >= 4 is 5.96 Å². The van der Waals surface area contributed by atoms with Crippen LogP contribution in [-0.4, -0.2) is 76.9 Å². The Kier molecular flexibility index (Phi) is 9.88. The Morgan fingerprint density at radius 1 is 1.17 bits per heavy atom. The normalized spacial score (nSPS) is 11.7. The zero-order valence-electron chi connectivity index (χ0n) is 15.7. The zero-order chi connectivity index (χ0) is 17.8. The average molecular weight is 336 g/mol. The number of ether oxygens (including phenoxy) is 2. The highest BCUT2D eigenvalue weighted by atomic mass is 16.5. The van der Waals surface area contributed by atoms with Gasteiger partial charge in [0.05, 0.1) is 20.3 Å². The molecule has 1 N–H and O–H groups in total. The van der Waals surface area contributed by atoms with Crippen molar-refractivity contribution in [2.45, 2.75) is 13.5 Å². The number of methoxy groups -OCH3 is 2. The van der Waals surface area contributed by atoms with E-state index in [2.05, 4.69) is 35.2 Å². The first-order chi connectivity index (χ1) is 11.6. The number of hydrogen-bond acceptors (Lipinski definition) is 4. The van der Waals surface area contributed by atoms with Crippen LogP contribution in [0.25, 0.3) is 0 Å². The maximum Gasteiger partial charge on any atom is 0.194 e. The van der Waals surface area contributed by atoms with E-state index in [1.165, 1.54) is 0 Å². The smallest absolute Gasteiger partial charge is 0.194 e. The molecule has 0 spiro atoms. The molecule has 0 aliphatic rings. The molecule has 6 nitrogen and oxygen atoms in total. The van der Waals surface area contributed by atoms with E-state index < -0.39 is 0 Å². The molecular formula is C18H32N4O2. The van der Waals surface area contributed by atoms with Crippen molar-refractivity contribution in [3.63, 3.8) is 0 Å². The van der Waals surface area contributed by atoms with Gasteiger partial charge in [0.15, 0.2) is 5.96 Å². The second-order valence-electron chi connectivity index (χ2n) is 5.70. The fourth-order valence-corrected chi connectivity index (χ4v) is 2.32. The molecular weight excluding hydrogens is 304 g/mol. The second-order valence-corrected chi connectivity index (χ2v) is 5.70. The molecule has 0 unspecified atom stereocenters. The number of aliphatic imine (C=N–C) groups is 1. The highest BCUT2D eigenvalue weighted by Gasteiger charge is 2.09. The minimum Gasteiger partial charge on any atom is -0.496 e. The lowest BCUT2D eigenvalue weighted by atomic mass is 10.2. The van der Waals surface area contributed by atoms with Gasteiger partial charge in [0.2, 0.25) is 0 Å². The maximum atomic E-state index is 5.43. The van der Waals surface area contributed by atoms with Crippen molar-refractivity contribution in [3.8, 4) is 5.75 Å². The Labute approximate surface area is 146 Å². The molecule has 6 heteroatoms. The quantitative estimate of drug-likeness (QED) is 0.520. The SMILES string of the molecule is CCNC(=NCCN(C)CCOC)N(C)Cc1ccccc1OC. The van der Waals surface area contributed by atoms with Crippen molar-refractivity contribution in [2.75, 3.05) is 61.1 Å². The molecule has 0 aliphatic heterocycles. The summed E-state index contributed by atoms with van der Waals surface area (Å²) in [5.41, 5.74) is 1.14. The third-order valence-electron chi connectivity index (χ3n) is 3.72. The summed E-state index contributed by atoms with van der Waals surface area (Å²) in [5.74, 6) is 1.81. The van der Waals surface area contributed by atoms with Gasteiger partial charge in [-0.25, -0.2) is 0 Å². The van der Waals surface area contributed by atoms with Crippen molar-refractivity contribution in [3.05, 3.63) is 29.8 Å². The standard InChI is InChI=1S/C18H32N4O2/c1-6-19-18(20-11-12-21(2)13-14-23-4)22(3)15-16-9-7-8-10-17(16)24-5/h7-10H,6,11-15H2,1-5H3,(H,19,20). The number of rotatable bonds is 10.